The quantitative estimate of drug-likeness (QED) is 0.102. The van der Waals surface area contributed by atoms with E-state index in [0.29, 0.717) is 41.8 Å². The molecule has 2 heterocycles. The zero-order chi connectivity index (χ0) is 36.9. The Bertz CT molecular complexity index is 1780. The van der Waals surface area contributed by atoms with Crippen LogP contribution in [0.25, 0.3) is 11.1 Å². The Kier molecular flexibility index (Phi) is 14.7. The van der Waals surface area contributed by atoms with Gasteiger partial charge in [-0.1, -0.05) is 54.4 Å². The van der Waals surface area contributed by atoms with Gasteiger partial charge in [-0.05, 0) is 130 Å². The summed E-state index contributed by atoms with van der Waals surface area (Å²) in [5.74, 6) is 0.278. The van der Waals surface area contributed by atoms with E-state index in [9.17, 15) is 8.78 Å². The van der Waals surface area contributed by atoms with E-state index in [2.05, 4.69) is 60.0 Å². The highest BCUT2D eigenvalue weighted by Crippen LogP contribution is 2.37. The number of piperidine rings is 1. The molecule has 2 aliphatic heterocycles. The minimum Gasteiger partial charge on any atom is -0.493 e. The third kappa shape index (κ3) is 10.7. The van der Waals surface area contributed by atoms with Crippen molar-refractivity contribution in [3.8, 4) is 28.4 Å². The number of halogens is 3. The topological polar surface area (TPSA) is 71.5 Å². The Hall–Kier alpha value is -4.18. The Morgan fingerprint density at radius 2 is 1.37 bits per heavy atom. The zero-order valence-corrected chi connectivity index (χ0v) is 30.9. The molecule has 0 aromatic heterocycles. The van der Waals surface area contributed by atoms with E-state index in [1.807, 2.05) is 12.1 Å². The normalized spacial score (nSPS) is 14.8. The standard InChI is InChI=1S/C41H47ClF2N2O3.CH2O2/c1-29-32(11-8-12-34(29)35-13-9-14-39(30(35)2)47-22-10-21-45-17-6-7-18-45)28-49-41-25-40(48-27-31-15-16-37(43)38(44)23-31)33(24-36(41)42)26-46-19-4-3-5-20-46;2-1-3/h8-9,11-16,23-25H,3-7,10,17-22,26-28H2,1-2H3;1H,(H,2,3). The molecule has 2 fully saturated rings. The highest BCUT2D eigenvalue weighted by Gasteiger charge is 2.18. The first-order valence-electron chi connectivity index (χ1n) is 18.1. The first-order valence-corrected chi connectivity index (χ1v) is 18.5. The van der Waals surface area contributed by atoms with Crippen LogP contribution in [0.2, 0.25) is 5.02 Å². The van der Waals surface area contributed by atoms with Gasteiger partial charge in [0.15, 0.2) is 11.6 Å². The first-order chi connectivity index (χ1) is 25.3. The second-order valence-corrected chi connectivity index (χ2v) is 13.8. The van der Waals surface area contributed by atoms with Crippen LogP contribution in [0.4, 0.5) is 8.78 Å². The van der Waals surface area contributed by atoms with Gasteiger partial charge >= 0.3 is 0 Å². The van der Waals surface area contributed by atoms with Crippen molar-refractivity contribution < 1.29 is 32.9 Å². The second kappa shape index (κ2) is 19.6. The van der Waals surface area contributed by atoms with Crippen molar-refractivity contribution in [2.24, 2.45) is 0 Å². The number of rotatable bonds is 14. The molecule has 0 aliphatic carbocycles. The molecule has 52 heavy (non-hydrogen) atoms. The molecule has 0 saturated carbocycles. The molecule has 6 rings (SSSR count). The van der Waals surface area contributed by atoms with Crippen molar-refractivity contribution in [1.82, 2.24) is 9.80 Å². The predicted molar refractivity (Wildman–Crippen MR) is 201 cm³/mol. The lowest BCUT2D eigenvalue weighted by molar-refractivity contribution is -0.122. The maximum absolute atomic E-state index is 13.9. The van der Waals surface area contributed by atoms with Gasteiger partial charge in [0.1, 0.15) is 30.5 Å². The van der Waals surface area contributed by atoms with Gasteiger partial charge in [0.2, 0.25) is 0 Å². The maximum Gasteiger partial charge on any atom is 0.290 e. The number of carbonyl (C=O) groups is 1. The summed E-state index contributed by atoms with van der Waals surface area (Å²) in [5.41, 5.74) is 7.06. The van der Waals surface area contributed by atoms with E-state index in [1.54, 1.807) is 0 Å². The van der Waals surface area contributed by atoms with Crippen LogP contribution in [-0.2, 0) is 24.6 Å². The molecule has 7 nitrogen and oxygen atoms in total. The molecule has 10 heteroatoms. The van der Waals surface area contributed by atoms with Gasteiger partial charge in [-0.3, -0.25) is 9.69 Å². The number of ether oxygens (including phenoxy) is 3. The molecule has 2 saturated heterocycles. The van der Waals surface area contributed by atoms with Crippen LogP contribution in [0.5, 0.6) is 17.2 Å². The molecule has 278 valence electrons. The van der Waals surface area contributed by atoms with Crippen LogP contribution < -0.4 is 14.2 Å². The summed E-state index contributed by atoms with van der Waals surface area (Å²) >= 11 is 6.83. The van der Waals surface area contributed by atoms with Crippen LogP contribution in [0.1, 0.15) is 66.3 Å². The van der Waals surface area contributed by atoms with Crippen LogP contribution >= 0.6 is 11.6 Å². The number of benzene rings is 4. The van der Waals surface area contributed by atoms with E-state index in [4.69, 9.17) is 35.7 Å². The van der Waals surface area contributed by atoms with Gasteiger partial charge in [-0.15, -0.1) is 0 Å². The third-order valence-electron chi connectivity index (χ3n) is 9.81. The molecule has 0 bridgehead atoms. The lowest BCUT2D eigenvalue weighted by atomic mass is 9.93. The number of hydrogen-bond donors (Lipinski definition) is 1. The molecule has 0 radical (unpaired) electrons. The predicted octanol–water partition coefficient (Wildman–Crippen LogP) is 9.61. The van der Waals surface area contributed by atoms with Gasteiger partial charge in [0.25, 0.3) is 6.47 Å². The van der Waals surface area contributed by atoms with E-state index in [1.165, 1.54) is 44.5 Å². The molecule has 0 unspecified atom stereocenters. The lowest BCUT2D eigenvalue weighted by Crippen LogP contribution is -2.29. The maximum atomic E-state index is 13.9. The summed E-state index contributed by atoms with van der Waals surface area (Å²) < 4.78 is 46.3. The molecule has 4 aromatic rings. The van der Waals surface area contributed by atoms with E-state index in [-0.39, 0.29) is 13.1 Å². The monoisotopic (exact) mass is 734 g/mol. The number of hydrogen-bond acceptors (Lipinski definition) is 6. The fraction of sp³-hybridized carbons (Fsp3) is 0.405. The average molecular weight is 735 g/mol. The first kappa shape index (κ1) is 39.0. The lowest BCUT2D eigenvalue weighted by Gasteiger charge is -2.27. The van der Waals surface area contributed by atoms with Crippen LogP contribution in [0.3, 0.4) is 0 Å². The Labute approximate surface area is 311 Å². The molecular weight excluding hydrogens is 686 g/mol. The minimum atomic E-state index is -0.894. The number of nitrogens with zero attached hydrogens (tertiary/aromatic N) is 2. The van der Waals surface area contributed by atoms with Crippen LogP contribution in [0.15, 0.2) is 66.7 Å². The summed E-state index contributed by atoms with van der Waals surface area (Å²) in [4.78, 5) is 13.3. The van der Waals surface area contributed by atoms with E-state index in [0.717, 1.165) is 84.1 Å². The van der Waals surface area contributed by atoms with Crippen molar-refractivity contribution in [2.75, 3.05) is 39.3 Å². The number of carboxylic acid groups (broad SMARTS) is 1. The Morgan fingerprint density at radius 3 is 2.10 bits per heavy atom. The van der Waals surface area contributed by atoms with E-state index < -0.39 is 11.6 Å². The fourth-order valence-corrected chi connectivity index (χ4v) is 7.16. The minimum absolute atomic E-state index is 0.0903. The summed E-state index contributed by atoms with van der Waals surface area (Å²) in [6.07, 6.45) is 7.20. The summed E-state index contributed by atoms with van der Waals surface area (Å²) in [5, 5.41) is 7.39. The van der Waals surface area contributed by atoms with Crippen molar-refractivity contribution in [3.63, 3.8) is 0 Å². The van der Waals surface area contributed by atoms with Gasteiger partial charge in [-0.2, -0.15) is 0 Å². The highest BCUT2D eigenvalue weighted by molar-refractivity contribution is 6.32. The van der Waals surface area contributed by atoms with Crippen molar-refractivity contribution in [3.05, 3.63) is 111 Å². The summed E-state index contributed by atoms with van der Waals surface area (Å²) in [6, 6.07) is 20.1. The summed E-state index contributed by atoms with van der Waals surface area (Å²) in [6.45, 7) is 11.3. The van der Waals surface area contributed by atoms with Crippen LogP contribution in [-0.4, -0.2) is 60.7 Å². The van der Waals surface area contributed by atoms with E-state index >= 15 is 0 Å². The second-order valence-electron chi connectivity index (χ2n) is 13.4. The molecule has 2 aliphatic rings. The molecular formula is C42H49ClF2N2O5. The van der Waals surface area contributed by atoms with Gasteiger partial charge in [0.05, 0.1) is 11.6 Å². The molecule has 0 spiro atoms. The smallest absolute Gasteiger partial charge is 0.290 e. The Balaban J connectivity index is 0.00000168. The summed E-state index contributed by atoms with van der Waals surface area (Å²) in [7, 11) is 0. The molecule has 4 aromatic carbocycles. The zero-order valence-electron chi connectivity index (χ0n) is 30.1. The largest absolute Gasteiger partial charge is 0.493 e. The van der Waals surface area contributed by atoms with Crippen molar-refractivity contribution >= 4 is 18.1 Å². The fourth-order valence-electron chi connectivity index (χ4n) is 6.92. The number of likely N-dealkylation sites (tertiary alicyclic amines) is 2. The highest BCUT2D eigenvalue weighted by atomic mass is 35.5. The van der Waals surface area contributed by atoms with Crippen molar-refractivity contribution in [1.29, 1.82) is 0 Å². The molecule has 1 N–H and O–H groups in total. The Morgan fingerprint density at radius 1 is 0.712 bits per heavy atom. The third-order valence-corrected chi connectivity index (χ3v) is 10.1. The van der Waals surface area contributed by atoms with Gasteiger partial charge in [-0.25, -0.2) is 8.78 Å². The SMILES string of the molecule is Cc1c(COc2cc(OCc3ccc(F)c(F)c3)c(CN3CCCCC3)cc2Cl)cccc1-c1cccc(OCCCN2CCCC2)c1C.O=CO. The van der Waals surface area contributed by atoms with Gasteiger partial charge in [0, 0.05) is 24.7 Å². The molecule has 0 atom stereocenters. The molecule has 0 amide bonds. The van der Waals surface area contributed by atoms with Gasteiger partial charge < -0.3 is 24.2 Å². The van der Waals surface area contributed by atoms with Crippen molar-refractivity contribution in [2.45, 2.75) is 72.1 Å². The van der Waals surface area contributed by atoms with Crippen LogP contribution in [0, 0.1) is 25.5 Å². The average Bonchev–Trinajstić information content (AvgIpc) is 3.67.